The number of hydrogen-bond donors (Lipinski definition) is 0. The highest BCUT2D eigenvalue weighted by molar-refractivity contribution is 7.85. The van der Waals surface area contributed by atoms with E-state index in [1.54, 1.807) is 20.8 Å². The van der Waals surface area contributed by atoms with Crippen molar-refractivity contribution in [3.8, 4) is 0 Å². The number of ether oxygens (including phenoxy) is 1. The minimum Gasteiger partial charge on any atom is -0.443 e. The van der Waals surface area contributed by atoms with Gasteiger partial charge in [-0.1, -0.05) is 24.3 Å². The number of hydrogen-bond acceptors (Lipinski definition) is 5. The SMILES string of the molecule is CC(C)(C)OC(=O)N1[C@@H]2c3ccccc3C[C@@H]2OS1(=O)=O. The molecule has 2 aliphatic rings. The summed E-state index contributed by atoms with van der Waals surface area (Å²) in [5, 5.41) is 0. The average molecular weight is 311 g/mol. The van der Waals surface area contributed by atoms with Crippen molar-refractivity contribution in [1.82, 2.24) is 4.31 Å². The van der Waals surface area contributed by atoms with Crippen LogP contribution in [0, 0.1) is 0 Å². The Labute approximate surface area is 123 Å². The smallest absolute Gasteiger partial charge is 0.426 e. The fraction of sp³-hybridized carbons (Fsp3) is 0.500. The van der Waals surface area contributed by atoms with Gasteiger partial charge in [0.2, 0.25) is 0 Å². The number of benzene rings is 1. The molecule has 0 aromatic heterocycles. The molecular formula is C14H17NO5S. The van der Waals surface area contributed by atoms with Crippen LogP contribution < -0.4 is 0 Å². The summed E-state index contributed by atoms with van der Waals surface area (Å²) in [5.74, 6) is 0. The van der Waals surface area contributed by atoms with Crippen molar-refractivity contribution < 1.29 is 22.1 Å². The Kier molecular flexibility index (Phi) is 3.04. The van der Waals surface area contributed by atoms with Gasteiger partial charge in [0, 0.05) is 6.42 Å². The maximum absolute atomic E-state index is 12.3. The van der Waals surface area contributed by atoms with E-state index in [1.165, 1.54) is 0 Å². The second-order valence-electron chi connectivity index (χ2n) is 6.22. The molecule has 6 nitrogen and oxygen atoms in total. The number of fused-ring (bicyclic) bond motifs is 3. The highest BCUT2D eigenvalue weighted by Gasteiger charge is 2.54. The largest absolute Gasteiger partial charge is 0.443 e. The van der Waals surface area contributed by atoms with Crippen LogP contribution in [-0.4, -0.2) is 30.5 Å². The van der Waals surface area contributed by atoms with Crippen LogP contribution in [0.1, 0.15) is 37.9 Å². The second-order valence-corrected chi connectivity index (χ2v) is 7.66. The summed E-state index contributed by atoms with van der Waals surface area (Å²) in [7, 11) is -4.10. The van der Waals surface area contributed by atoms with Crippen LogP contribution in [0.5, 0.6) is 0 Å². The monoisotopic (exact) mass is 311 g/mol. The van der Waals surface area contributed by atoms with Crippen molar-refractivity contribution in [3.63, 3.8) is 0 Å². The zero-order valence-corrected chi connectivity index (χ0v) is 12.9. The van der Waals surface area contributed by atoms with Crippen molar-refractivity contribution in [2.45, 2.75) is 44.9 Å². The van der Waals surface area contributed by atoms with E-state index < -0.39 is 34.1 Å². The maximum atomic E-state index is 12.3. The van der Waals surface area contributed by atoms with Crippen LogP contribution in [0.3, 0.4) is 0 Å². The van der Waals surface area contributed by atoms with Gasteiger partial charge < -0.3 is 4.74 Å². The van der Waals surface area contributed by atoms with Crippen LogP contribution in [0.4, 0.5) is 4.79 Å². The quantitative estimate of drug-likeness (QED) is 0.734. The molecule has 21 heavy (non-hydrogen) atoms. The molecule has 2 atom stereocenters. The van der Waals surface area contributed by atoms with E-state index in [1.807, 2.05) is 24.3 Å². The Morgan fingerprint density at radius 1 is 1.33 bits per heavy atom. The fourth-order valence-electron chi connectivity index (χ4n) is 2.75. The number of amides is 1. The van der Waals surface area contributed by atoms with Crippen LogP contribution >= 0.6 is 0 Å². The zero-order valence-electron chi connectivity index (χ0n) is 12.1. The number of nitrogens with zero attached hydrogens (tertiary/aromatic N) is 1. The minimum absolute atomic E-state index is 0.472. The molecule has 0 bridgehead atoms. The molecule has 1 aliphatic carbocycles. The molecule has 1 saturated heterocycles. The third-order valence-corrected chi connectivity index (χ3v) is 4.81. The summed E-state index contributed by atoms with van der Waals surface area (Å²) in [6.07, 6.45) is -0.994. The third-order valence-electron chi connectivity index (χ3n) is 3.46. The lowest BCUT2D eigenvalue weighted by Crippen LogP contribution is -2.39. The normalized spacial score (nSPS) is 26.3. The predicted molar refractivity (Wildman–Crippen MR) is 74.8 cm³/mol. The molecule has 114 valence electrons. The molecule has 1 fully saturated rings. The molecule has 0 radical (unpaired) electrons. The van der Waals surface area contributed by atoms with Gasteiger partial charge in [-0.3, -0.25) is 0 Å². The van der Waals surface area contributed by atoms with E-state index in [2.05, 4.69) is 0 Å². The maximum Gasteiger partial charge on any atom is 0.426 e. The van der Waals surface area contributed by atoms with E-state index in [-0.39, 0.29) is 0 Å². The first-order chi connectivity index (χ1) is 9.69. The highest BCUT2D eigenvalue weighted by Crippen LogP contribution is 2.45. The lowest BCUT2D eigenvalue weighted by molar-refractivity contribution is 0.0342. The topological polar surface area (TPSA) is 72.9 Å². The summed E-state index contributed by atoms with van der Waals surface area (Å²) in [4.78, 5) is 12.3. The first-order valence-electron chi connectivity index (χ1n) is 6.72. The molecule has 1 aliphatic heterocycles. The molecule has 0 spiro atoms. The molecule has 1 aromatic carbocycles. The molecule has 0 N–H and O–H groups in total. The molecule has 1 amide bonds. The number of rotatable bonds is 0. The first kappa shape index (κ1) is 14.3. The van der Waals surface area contributed by atoms with Gasteiger partial charge in [0.25, 0.3) is 0 Å². The van der Waals surface area contributed by atoms with Gasteiger partial charge in [-0.15, -0.1) is 0 Å². The van der Waals surface area contributed by atoms with Crippen LogP contribution in [0.2, 0.25) is 0 Å². The van der Waals surface area contributed by atoms with Gasteiger partial charge in [0.1, 0.15) is 17.7 Å². The van der Waals surface area contributed by atoms with Crippen molar-refractivity contribution >= 4 is 16.4 Å². The lowest BCUT2D eigenvalue weighted by atomic mass is 10.1. The van der Waals surface area contributed by atoms with E-state index in [0.29, 0.717) is 6.42 Å². The van der Waals surface area contributed by atoms with Gasteiger partial charge >= 0.3 is 16.4 Å². The van der Waals surface area contributed by atoms with Gasteiger partial charge in [-0.25, -0.2) is 8.98 Å². The van der Waals surface area contributed by atoms with E-state index in [9.17, 15) is 13.2 Å². The van der Waals surface area contributed by atoms with Crippen molar-refractivity contribution in [1.29, 1.82) is 0 Å². The minimum atomic E-state index is -4.10. The summed E-state index contributed by atoms with van der Waals surface area (Å²) in [6, 6.07) is 6.80. The van der Waals surface area contributed by atoms with Crippen molar-refractivity contribution in [3.05, 3.63) is 35.4 Å². The van der Waals surface area contributed by atoms with Crippen molar-refractivity contribution in [2.75, 3.05) is 0 Å². The predicted octanol–water partition coefficient (Wildman–Crippen LogP) is 2.16. The van der Waals surface area contributed by atoms with Gasteiger partial charge in [0.15, 0.2) is 0 Å². The summed E-state index contributed by atoms with van der Waals surface area (Å²) >= 11 is 0. The van der Waals surface area contributed by atoms with Gasteiger partial charge in [-0.05, 0) is 31.9 Å². The molecule has 0 saturated carbocycles. The van der Waals surface area contributed by atoms with E-state index in [0.717, 1.165) is 15.4 Å². The van der Waals surface area contributed by atoms with Gasteiger partial charge in [-0.2, -0.15) is 12.7 Å². The Morgan fingerprint density at radius 2 is 2.00 bits per heavy atom. The number of carbonyl (C=O) groups is 1. The lowest BCUT2D eigenvalue weighted by Gasteiger charge is -2.25. The Morgan fingerprint density at radius 3 is 2.67 bits per heavy atom. The highest BCUT2D eigenvalue weighted by atomic mass is 32.2. The summed E-state index contributed by atoms with van der Waals surface area (Å²) < 4.78 is 35.3. The van der Waals surface area contributed by atoms with Crippen molar-refractivity contribution in [2.24, 2.45) is 0 Å². The first-order valence-corrected chi connectivity index (χ1v) is 8.09. The molecule has 3 rings (SSSR count). The standard InChI is InChI=1S/C14H17NO5S/c1-14(2,3)19-13(16)15-12-10-7-5-4-6-9(10)8-11(12)20-21(15,17)18/h4-7,11-12H,8H2,1-3H3/t11-,12+/m0/s1. The Balaban J connectivity index is 2.00. The molecular weight excluding hydrogens is 294 g/mol. The van der Waals surface area contributed by atoms with Crippen LogP contribution in [-0.2, 0) is 25.6 Å². The van der Waals surface area contributed by atoms with Gasteiger partial charge in [0.05, 0.1) is 0 Å². The van der Waals surface area contributed by atoms with Crippen LogP contribution in [0.25, 0.3) is 0 Å². The molecule has 0 unspecified atom stereocenters. The zero-order chi connectivity index (χ0) is 15.4. The Hall–Kier alpha value is -1.60. The van der Waals surface area contributed by atoms with Crippen LogP contribution in [0.15, 0.2) is 24.3 Å². The molecule has 1 aromatic rings. The molecule has 1 heterocycles. The number of carbonyl (C=O) groups excluding carboxylic acids is 1. The average Bonchev–Trinajstić information content (AvgIpc) is 2.76. The third kappa shape index (κ3) is 2.40. The molecule has 7 heteroatoms. The van der Waals surface area contributed by atoms with E-state index in [4.69, 9.17) is 8.92 Å². The van der Waals surface area contributed by atoms with E-state index >= 15 is 0 Å². The second kappa shape index (κ2) is 4.45. The fourth-order valence-corrected chi connectivity index (χ4v) is 4.08. The summed E-state index contributed by atoms with van der Waals surface area (Å²) in [5.41, 5.74) is 1.02. The Bertz CT molecular complexity index is 692. The summed E-state index contributed by atoms with van der Waals surface area (Å²) in [6.45, 7) is 5.07.